The van der Waals surface area contributed by atoms with Gasteiger partial charge in [0.25, 0.3) is 0 Å². The Labute approximate surface area is 110 Å². The molecule has 7 heteroatoms. The van der Waals surface area contributed by atoms with Crippen molar-refractivity contribution in [1.29, 1.82) is 0 Å². The van der Waals surface area contributed by atoms with Crippen LogP contribution in [0.3, 0.4) is 0 Å². The zero-order valence-electron chi connectivity index (χ0n) is 10.8. The van der Waals surface area contributed by atoms with E-state index in [0.29, 0.717) is 11.3 Å². The van der Waals surface area contributed by atoms with Crippen molar-refractivity contribution in [1.82, 2.24) is 4.98 Å². The Kier molecular flexibility index (Phi) is 5.74. The van der Waals surface area contributed by atoms with Crippen LogP contribution < -0.4 is 16.2 Å². The first kappa shape index (κ1) is 14.9. The van der Waals surface area contributed by atoms with Crippen molar-refractivity contribution in [3.8, 4) is 5.88 Å². The van der Waals surface area contributed by atoms with Gasteiger partial charge in [-0.3, -0.25) is 4.99 Å². The van der Waals surface area contributed by atoms with E-state index in [0.717, 1.165) is 6.20 Å². The zero-order chi connectivity index (χ0) is 14.3. The first-order chi connectivity index (χ1) is 9.12. The van der Waals surface area contributed by atoms with Gasteiger partial charge in [-0.05, 0) is 6.07 Å². The fourth-order valence-electron chi connectivity index (χ4n) is 1.44. The molecule has 1 atom stereocenters. The van der Waals surface area contributed by atoms with E-state index in [2.05, 4.69) is 9.98 Å². The van der Waals surface area contributed by atoms with Gasteiger partial charge in [0.15, 0.2) is 0 Å². The first-order valence-electron chi connectivity index (χ1n) is 5.51. The zero-order valence-corrected chi connectivity index (χ0v) is 10.8. The summed E-state index contributed by atoms with van der Waals surface area (Å²) in [5.41, 5.74) is 11.5. The van der Waals surface area contributed by atoms with Gasteiger partial charge in [0, 0.05) is 25.1 Å². The minimum absolute atomic E-state index is 0.232. The molecule has 0 radical (unpaired) electrons. The molecule has 0 saturated heterocycles. The van der Waals surface area contributed by atoms with Crippen molar-refractivity contribution in [2.45, 2.75) is 6.04 Å². The Morgan fingerprint density at radius 3 is 2.89 bits per heavy atom. The molecule has 1 aromatic rings. The Morgan fingerprint density at radius 2 is 2.32 bits per heavy atom. The van der Waals surface area contributed by atoms with Crippen LogP contribution in [0.25, 0.3) is 0 Å². The molecule has 0 aliphatic carbocycles. The molecule has 4 N–H and O–H groups in total. The Balaban J connectivity index is 3.11. The van der Waals surface area contributed by atoms with Crippen LogP contribution in [0.5, 0.6) is 5.88 Å². The largest absolute Gasteiger partial charge is 0.481 e. The summed E-state index contributed by atoms with van der Waals surface area (Å²) in [5, 5.41) is 0. The van der Waals surface area contributed by atoms with E-state index in [1.54, 1.807) is 0 Å². The SMILES string of the molecule is COCC(N=C/C(N)=C\N)c1cc(F)cnc1OC. The van der Waals surface area contributed by atoms with Crippen molar-refractivity contribution in [2.24, 2.45) is 16.5 Å². The van der Waals surface area contributed by atoms with Gasteiger partial charge in [-0.2, -0.15) is 0 Å². The molecule has 0 aliphatic heterocycles. The van der Waals surface area contributed by atoms with E-state index >= 15 is 0 Å². The van der Waals surface area contributed by atoms with Crippen molar-refractivity contribution >= 4 is 6.21 Å². The Bertz CT molecular complexity index is 477. The highest BCUT2D eigenvalue weighted by atomic mass is 19.1. The van der Waals surface area contributed by atoms with Gasteiger partial charge in [0.2, 0.25) is 5.88 Å². The number of methoxy groups -OCH3 is 2. The van der Waals surface area contributed by atoms with Crippen LogP contribution in [-0.2, 0) is 4.74 Å². The van der Waals surface area contributed by atoms with E-state index in [-0.39, 0.29) is 12.5 Å². The second-order valence-corrected chi connectivity index (χ2v) is 3.67. The molecule has 0 aliphatic rings. The van der Waals surface area contributed by atoms with Gasteiger partial charge in [-0.25, -0.2) is 9.37 Å². The summed E-state index contributed by atoms with van der Waals surface area (Å²) >= 11 is 0. The number of rotatable bonds is 6. The molecule has 19 heavy (non-hydrogen) atoms. The van der Waals surface area contributed by atoms with E-state index in [4.69, 9.17) is 20.9 Å². The summed E-state index contributed by atoms with van der Waals surface area (Å²) in [5.74, 6) is -0.189. The van der Waals surface area contributed by atoms with Gasteiger partial charge >= 0.3 is 0 Å². The summed E-state index contributed by atoms with van der Waals surface area (Å²) in [4.78, 5) is 8.04. The molecule has 6 nitrogen and oxygen atoms in total. The Morgan fingerprint density at radius 1 is 1.58 bits per heavy atom. The molecule has 0 spiro atoms. The lowest BCUT2D eigenvalue weighted by Crippen LogP contribution is -2.10. The number of halogens is 1. The third-order valence-electron chi connectivity index (χ3n) is 2.32. The quantitative estimate of drug-likeness (QED) is 0.742. The number of pyridine rings is 1. The number of aromatic nitrogens is 1. The lowest BCUT2D eigenvalue weighted by molar-refractivity contribution is 0.180. The molecule has 1 aromatic heterocycles. The van der Waals surface area contributed by atoms with Crippen LogP contribution in [0.15, 0.2) is 29.2 Å². The van der Waals surface area contributed by atoms with Crippen LogP contribution in [0.4, 0.5) is 4.39 Å². The maximum absolute atomic E-state index is 13.3. The van der Waals surface area contributed by atoms with Gasteiger partial charge < -0.3 is 20.9 Å². The van der Waals surface area contributed by atoms with E-state index in [9.17, 15) is 4.39 Å². The van der Waals surface area contributed by atoms with Gasteiger partial charge in [-0.1, -0.05) is 0 Å². The second kappa shape index (κ2) is 7.32. The average Bonchev–Trinajstić information content (AvgIpc) is 2.43. The van der Waals surface area contributed by atoms with Gasteiger partial charge in [0.05, 0.1) is 25.6 Å². The molecule has 104 valence electrons. The normalized spacial score (nSPS) is 13.7. The third-order valence-corrected chi connectivity index (χ3v) is 2.32. The van der Waals surface area contributed by atoms with Crippen LogP contribution in [-0.4, -0.2) is 32.0 Å². The predicted molar refractivity (Wildman–Crippen MR) is 70.3 cm³/mol. The summed E-state index contributed by atoms with van der Waals surface area (Å²) in [6.07, 6.45) is 3.67. The number of ether oxygens (including phenoxy) is 2. The number of hydrogen-bond donors (Lipinski definition) is 2. The third kappa shape index (κ3) is 4.22. The highest BCUT2D eigenvalue weighted by Crippen LogP contribution is 2.26. The van der Waals surface area contributed by atoms with E-state index < -0.39 is 11.9 Å². The molecular formula is C12H17FN4O2. The smallest absolute Gasteiger partial charge is 0.218 e. The summed E-state index contributed by atoms with van der Waals surface area (Å²) in [6.45, 7) is 0.232. The molecular weight excluding hydrogens is 251 g/mol. The van der Waals surface area contributed by atoms with Crippen molar-refractivity contribution in [3.63, 3.8) is 0 Å². The molecule has 0 fully saturated rings. The topological polar surface area (TPSA) is 95.8 Å². The number of allylic oxidation sites excluding steroid dienone is 1. The minimum atomic E-state index is -0.485. The van der Waals surface area contributed by atoms with Crippen LogP contribution >= 0.6 is 0 Å². The van der Waals surface area contributed by atoms with Crippen molar-refractivity contribution < 1.29 is 13.9 Å². The molecule has 0 amide bonds. The summed E-state index contributed by atoms with van der Waals surface area (Å²) in [6, 6.07) is 0.816. The van der Waals surface area contributed by atoms with Crippen molar-refractivity contribution in [3.05, 3.63) is 35.5 Å². The Hall–Kier alpha value is -2.15. The average molecular weight is 268 g/mol. The first-order valence-corrected chi connectivity index (χ1v) is 5.51. The van der Waals surface area contributed by atoms with E-state index in [1.807, 2.05) is 0 Å². The molecule has 0 bridgehead atoms. The summed E-state index contributed by atoms with van der Waals surface area (Å²) < 4.78 is 23.4. The van der Waals surface area contributed by atoms with Gasteiger partial charge in [0.1, 0.15) is 11.9 Å². The number of aliphatic imine (C=N–C) groups is 1. The highest BCUT2D eigenvalue weighted by molar-refractivity contribution is 5.77. The number of hydrogen-bond acceptors (Lipinski definition) is 6. The molecule has 1 rings (SSSR count). The minimum Gasteiger partial charge on any atom is -0.481 e. The molecule has 0 saturated carbocycles. The fraction of sp³-hybridized carbons (Fsp3) is 0.333. The lowest BCUT2D eigenvalue weighted by Gasteiger charge is -2.14. The number of nitrogens with zero attached hydrogens (tertiary/aromatic N) is 2. The van der Waals surface area contributed by atoms with Crippen molar-refractivity contribution in [2.75, 3.05) is 20.8 Å². The fourth-order valence-corrected chi connectivity index (χ4v) is 1.44. The predicted octanol–water partition coefficient (Wildman–Crippen LogP) is 0.746. The molecule has 1 heterocycles. The molecule has 0 aromatic carbocycles. The van der Waals surface area contributed by atoms with Crippen LogP contribution in [0.2, 0.25) is 0 Å². The maximum Gasteiger partial charge on any atom is 0.218 e. The van der Waals surface area contributed by atoms with Crippen LogP contribution in [0, 0.1) is 5.82 Å². The van der Waals surface area contributed by atoms with Gasteiger partial charge in [-0.15, -0.1) is 0 Å². The standard InChI is InChI=1S/C12H17FN4O2/c1-18-7-11(16-6-9(15)4-14)10-3-8(13)5-17-12(10)19-2/h3-6,11H,7,14-15H2,1-2H3/b9-4+,16-6?. The highest BCUT2D eigenvalue weighted by Gasteiger charge is 2.17. The maximum atomic E-state index is 13.3. The number of nitrogens with two attached hydrogens (primary N) is 2. The monoisotopic (exact) mass is 268 g/mol. The summed E-state index contributed by atoms with van der Waals surface area (Å²) in [7, 11) is 2.97. The van der Waals surface area contributed by atoms with Crippen LogP contribution in [0.1, 0.15) is 11.6 Å². The molecule has 1 unspecified atom stereocenters. The van der Waals surface area contributed by atoms with E-state index in [1.165, 1.54) is 32.7 Å². The second-order valence-electron chi connectivity index (χ2n) is 3.67. The lowest BCUT2D eigenvalue weighted by atomic mass is 10.1.